The van der Waals surface area contributed by atoms with Crippen molar-refractivity contribution >= 4 is 0 Å². The molecule has 3 nitrogen and oxygen atoms in total. The van der Waals surface area contributed by atoms with Crippen molar-refractivity contribution in [2.24, 2.45) is 0 Å². The van der Waals surface area contributed by atoms with Gasteiger partial charge in [0.2, 0.25) is 0 Å². The third-order valence-electron chi connectivity index (χ3n) is 3.26. The van der Waals surface area contributed by atoms with E-state index in [9.17, 15) is 5.11 Å². The lowest BCUT2D eigenvalue weighted by molar-refractivity contribution is 0.0358. The van der Waals surface area contributed by atoms with Crippen LogP contribution in [0, 0.1) is 0 Å². The first-order chi connectivity index (χ1) is 6.93. The lowest BCUT2D eigenvalue weighted by atomic mass is 10.0. The van der Waals surface area contributed by atoms with Gasteiger partial charge in [0.05, 0.1) is 6.10 Å². The molecule has 1 fully saturated rings. The maximum Gasteiger partial charge on any atom is 0.0664 e. The van der Waals surface area contributed by atoms with Gasteiger partial charge in [0.15, 0.2) is 0 Å². The molecule has 0 aromatic rings. The van der Waals surface area contributed by atoms with Crippen LogP contribution in [0.1, 0.15) is 34.1 Å². The van der Waals surface area contributed by atoms with Crippen LogP contribution in [0.4, 0.5) is 0 Å². The van der Waals surface area contributed by atoms with E-state index in [4.69, 9.17) is 0 Å². The Labute approximate surface area is 94.1 Å². The highest BCUT2D eigenvalue weighted by Crippen LogP contribution is 2.15. The molecule has 1 N–H and O–H groups in total. The normalized spacial score (nSPS) is 23.0. The number of aliphatic hydroxyl groups is 1. The Hall–Kier alpha value is -0.120. The quantitative estimate of drug-likeness (QED) is 0.764. The van der Waals surface area contributed by atoms with Gasteiger partial charge in [0, 0.05) is 38.3 Å². The molecule has 1 rings (SSSR count). The second-order valence-corrected chi connectivity index (χ2v) is 5.52. The third kappa shape index (κ3) is 4.09. The molecule has 0 saturated carbocycles. The minimum absolute atomic E-state index is 0.147. The maximum atomic E-state index is 9.58. The summed E-state index contributed by atoms with van der Waals surface area (Å²) in [4.78, 5) is 4.89. The van der Waals surface area contributed by atoms with Crippen LogP contribution in [0.5, 0.6) is 0 Å². The first kappa shape index (κ1) is 12.9. The van der Waals surface area contributed by atoms with E-state index >= 15 is 0 Å². The average molecular weight is 214 g/mol. The monoisotopic (exact) mass is 214 g/mol. The molecule has 1 saturated heterocycles. The molecule has 90 valence electrons. The lowest BCUT2D eigenvalue weighted by Crippen LogP contribution is -2.54. The number of β-amino-alcohol motifs (C(OH)–C–C–N with tert-alkyl or cyclic N) is 1. The number of nitrogens with zero attached hydrogens (tertiary/aromatic N) is 2. The Morgan fingerprint density at radius 1 is 1.13 bits per heavy atom. The fourth-order valence-corrected chi connectivity index (χ4v) is 2.03. The zero-order valence-corrected chi connectivity index (χ0v) is 10.7. The van der Waals surface area contributed by atoms with Gasteiger partial charge in [-0.15, -0.1) is 0 Å². The third-order valence-corrected chi connectivity index (χ3v) is 3.26. The molecule has 0 aromatic carbocycles. The molecule has 0 spiro atoms. The molecule has 0 radical (unpaired) electrons. The lowest BCUT2D eigenvalue weighted by Gasteiger charge is -2.42. The maximum absolute atomic E-state index is 9.58. The van der Waals surface area contributed by atoms with E-state index in [0.717, 1.165) is 39.1 Å². The van der Waals surface area contributed by atoms with Crippen LogP contribution in [0.15, 0.2) is 0 Å². The van der Waals surface area contributed by atoms with E-state index < -0.39 is 0 Å². The van der Waals surface area contributed by atoms with Crippen molar-refractivity contribution in [1.82, 2.24) is 9.80 Å². The molecule has 15 heavy (non-hydrogen) atoms. The molecule has 3 heteroatoms. The highest BCUT2D eigenvalue weighted by Gasteiger charge is 2.26. The summed E-state index contributed by atoms with van der Waals surface area (Å²) >= 11 is 0. The Bertz CT molecular complexity index is 181. The first-order valence-electron chi connectivity index (χ1n) is 6.09. The Morgan fingerprint density at radius 2 is 1.67 bits per heavy atom. The molecule has 0 unspecified atom stereocenters. The average Bonchev–Trinajstić information content (AvgIpc) is 2.17. The summed E-state index contributed by atoms with van der Waals surface area (Å²) in [5.41, 5.74) is 0.287. The number of aliphatic hydroxyl groups excluding tert-OH is 1. The molecule has 1 aliphatic heterocycles. The summed E-state index contributed by atoms with van der Waals surface area (Å²) in [5.74, 6) is 0. The summed E-state index contributed by atoms with van der Waals surface area (Å²) in [6.45, 7) is 14.1. The number of rotatable bonds is 3. The highest BCUT2D eigenvalue weighted by molar-refractivity contribution is 4.82. The summed E-state index contributed by atoms with van der Waals surface area (Å²) in [7, 11) is 0. The van der Waals surface area contributed by atoms with Crippen LogP contribution in [0.2, 0.25) is 0 Å². The second-order valence-electron chi connectivity index (χ2n) is 5.52. The van der Waals surface area contributed by atoms with Gasteiger partial charge in [0.1, 0.15) is 0 Å². The zero-order valence-electron chi connectivity index (χ0n) is 10.7. The van der Waals surface area contributed by atoms with E-state index in [-0.39, 0.29) is 11.6 Å². The van der Waals surface area contributed by atoms with Gasteiger partial charge in [-0.25, -0.2) is 0 Å². The van der Waals surface area contributed by atoms with Gasteiger partial charge in [0.25, 0.3) is 0 Å². The van der Waals surface area contributed by atoms with Crippen LogP contribution >= 0.6 is 0 Å². The van der Waals surface area contributed by atoms with Gasteiger partial charge in [-0.05, 0) is 27.2 Å². The summed E-state index contributed by atoms with van der Waals surface area (Å²) in [6, 6.07) is 0. The molecule has 1 heterocycles. The first-order valence-corrected chi connectivity index (χ1v) is 6.09. The molecule has 0 aromatic heterocycles. The van der Waals surface area contributed by atoms with E-state index in [1.54, 1.807) is 0 Å². The molecular weight excluding hydrogens is 188 g/mol. The smallest absolute Gasteiger partial charge is 0.0664 e. The van der Waals surface area contributed by atoms with E-state index in [1.165, 1.54) is 0 Å². The predicted molar refractivity (Wildman–Crippen MR) is 64.1 cm³/mol. The molecule has 0 amide bonds. The summed E-state index contributed by atoms with van der Waals surface area (Å²) in [6.07, 6.45) is 0.714. The fraction of sp³-hybridized carbons (Fsp3) is 1.00. The second kappa shape index (κ2) is 5.28. The van der Waals surface area contributed by atoms with Crippen molar-refractivity contribution in [2.75, 3.05) is 32.7 Å². The number of hydrogen-bond acceptors (Lipinski definition) is 3. The van der Waals surface area contributed by atoms with E-state index in [0.29, 0.717) is 0 Å². The van der Waals surface area contributed by atoms with Crippen LogP contribution < -0.4 is 0 Å². The summed E-state index contributed by atoms with van der Waals surface area (Å²) in [5, 5.41) is 9.58. The van der Waals surface area contributed by atoms with Crippen molar-refractivity contribution in [1.29, 1.82) is 0 Å². The topological polar surface area (TPSA) is 26.7 Å². The van der Waals surface area contributed by atoms with E-state index in [2.05, 4.69) is 30.6 Å². The van der Waals surface area contributed by atoms with Crippen molar-refractivity contribution in [3.05, 3.63) is 0 Å². The van der Waals surface area contributed by atoms with Gasteiger partial charge >= 0.3 is 0 Å². The zero-order chi connectivity index (χ0) is 11.5. The van der Waals surface area contributed by atoms with E-state index in [1.807, 2.05) is 6.92 Å². The van der Waals surface area contributed by atoms with Crippen LogP contribution in [-0.2, 0) is 0 Å². The highest BCUT2D eigenvalue weighted by atomic mass is 16.3. The molecule has 0 bridgehead atoms. The van der Waals surface area contributed by atoms with Crippen molar-refractivity contribution in [2.45, 2.75) is 45.8 Å². The van der Waals surface area contributed by atoms with Gasteiger partial charge < -0.3 is 5.11 Å². The summed E-state index contributed by atoms with van der Waals surface area (Å²) < 4.78 is 0. The van der Waals surface area contributed by atoms with Gasteiger partial charge in [-0.2, -0.15) is 0 Å². The standard InChI is InChI=1S/C12H26N2O/c1-5-11(15)10-13-6-8-14(9-7-13)12(2,3)4/h11,15H,5-10H2,1-4H3/t11-/m1/s1. The minimum atomic E-state index is -0.147. The Kier molecular flexibility index (Phi) is 4.56. The number of piperazine rings is 1. The SMILES string of the molecule is CC[C@@H](O)CN1CCN(C(C)(C)C)CC1. The van der Waals surface area contributed by atoms with Crippen LogP contribution in [0.25, 0.3) is 0 Å². The molecule has 0 aliphatic carbocycles. The fourth-order valence-electron chi connectivity index (χ4n) is 2.03. The van der Waals surface area contributed by atoms with Crippen molar-refractivity contribution in [3.63, 3.8) is 0 Å². The molecular formula is C12H26N2O. The number of hydrogen-bond donors (Lipinski definition) is 1. The van der Waals surface area contributed by atoms with Crippen molar-refractivity contribution in [3.8, 4) is 0 Å². The van der Waals surface area contributed by atoms with Crippen molar-refractivity contribution < 1.29 is 5.11 Å². The molecule has 1 atom stereocenters. The van der Waals surface area contributed by atoms with Crippen LogP contribution in [-0.4, -0.2) is 59.3 Å². The van der Waals surface area contributed by atoms with Crippen LogP contribution in [0.3, 0.4) is 0 Å². The minimum Gasteiger partial charge on any atom is -0.392 e. The molecule has 1 aliphatic rings. The van der Waals surface area contributed by atoms with Gasteiger partial charge in [-0.3, -0.25) is 9.80 Å². The Morgan fingerprint density at radius 3 is 2.07 bits per heavy atom. The Balaban J connectivity index is 2.30. The largest absolute Gasteiger partial charge is 0.392 e. The van der Waals surface area contributed by atoms with Gasteiger partial charge in [-0.1, -0.05) is 6.92 Å². The predicted octanol–water partition coefficient (Wildman–Crippen LogP) is 1.17.